The number of hydrogen-bond acceptors (Lipinski definition) is 3. The largest absolute Gasteiger partial charge is 0.368 e. The molecule has 1 rings (SSSR count). The highest BCUT2D eigenvalue weighted by Gasteiger charge is 2.25. The molecule has 70 valence electrons. The van der Waals surface area contributed by atoms with Crippen molar-refractivity contribution in [2.45, 2.75) is 6.04 Å². The van der Waals surface area contributed by atoms with E-state index in [2.05, 4.69) is 5.32 Å². The first-order chi connectivity index (χ1) is 5.75. The normalized spacial score (nSPS) is 25.6. The molecule has 1 heterocycles. The number of piperazine rings is 1. The molecular weight excluding hydrogens is 161 g/mol. The average molecular weight is 175 g/mol. The fourth-order valence-corrected chi connectivity index (χ4v) is 1.40. The molecule has 0 aromatic heterocycles. The molecule has 12 heavy (non-hydrogen) atoms. The fourth-order valence-electron chi connectivity index (χ4n) is 1.40. The summed E-state index contributed by atoms with van der Waals surface area (Å²) < 4.78 is 12.0. The summed E-state index contributed by atoms with van der Waals surface area (Å²) >= 11 is 0. The van der Waals surface area contributed by atoms with E-state index in [4.69, 9.17) is 5.73 Å². The van der Waals surface area contributed by atoms with Gasteiger partial charge in [-0.05, 0) is 0 Å². The van der Waals surface area contributed by atoms with Crippen molar-refractivity contribution in [3.05, 3.63) is 0 Å². The third-order valence-electron chi connectivity index (χ3n) is 2.05. The molecule has 0 spiro atoms. The molecule has 1 atom stereocenters. The first-order valence-electron chi connectivity index (χ1n) is 4.05. The van der Waals surface area contributed by atoms with Gasteiger partial charge in [0.05, 0.1) is 0 Å². The number of halogens is 1. The quantitative estimate of drug-likeness (QED) is 0.561. The van der Waals surface area contributed by atoms with Crippen LogP contribution in [0, 0.1) is 0 Å². The Hall–Kier alpha value is -0.680. The van der Waals surface area contributed by atoms with Gasteiger partial charge in [0.1, 0.15) is 12.7 Å². The minimum Gasteiger partial charge on any atom is -0.368 e. The van der Waals surface area contributed by atoms with Gasteiger partial charge in [0, 0.05) is 26.2 Å². The number of rotatable bonds is 3. The van der Waals surface area contributed by atoms with Gasteiger partial charge in [0.15, 0.2) is 0 Å². The highest BCUT2D eigenvalue weighted by atomic mass is 19.1. The molecule has 0 aliphatic carbocycles. The smallest absolute Gasteiger partial charge is 0.236 e. The fraction of sp³-hybridized carbons (Fsp3) is 0.857. The summed E-state index contributed by atoms with van der Waals surface area (Å²) in [5.74, 6) is -0.379. The van der Waals surface area contributed by atoms with Crippen molar-refractivity contribution in [2.75, 3.05) is 32.9 Å². The molecule has 0 aromatic rings. The summed E-state index contributed by atoms with van der Waals surface area (Å²) in [6.07, 6.45) is 0. The molecule has 0 aromatic carbocycles. The Labute approximate surface area is 70.9 Å². The lowest BCUT2D eigenvalue weighted by Gasteiger charge is -2.33. The lowest BCUT2D eigenvalue weighted by atomic mass is 10.2. The van der Waals surface area contributed by atoms with Crippen LogP contribution in [0.1, 0.15) is 0 Å². The molecule has 0 saturated carbocycles. The van der Waals surface area contributed by atoms with Crippen LogP contribution in [0.15, 0.2) is 0 Å². The summed E-state index contributed by atoms with van der Waals surface area (Å²) in [6, 6.07) is -0.338. The van der Waals surface area contributed by atoms with E-state index in [-0.39, 0.29) is 11.9 Å². The highest BCUT2D eigenvalue weighted by molar-refractivity contribution is 5.80. The molecule has 1 aliphatic heterocycles. The molecular formula is C7H14FN3O. The number of amides is 1. The topological polar surface area (TPSA) is 58.4 Å². The molecule has 4 nitrogen and oxygen atoms in total. The average Bonchev–Trinajstić information content (AvgIpc) is 2.05. The first kappa shape index (κ1) is 9.41. The summed E-state index contributed by atoms with van der Waals surface area (Å²) in [5, 5.41) is 3.04. The van der Waals surface area contributed by atoms with Crippen molar-refractivity contribution >= 4 is 5.91 Å². The van der Waals surface area contributed by atoms with Gasteiger partial charge in [-0.25, -0.2) is 4.39 Å². The van der Waals surface area contributed by atoms with Gasteiger partial charge in [0.2, 0.25) is 5.91 Å². The van der Waals surface area contributed by atoms with Crippen molar-refractivity contribution in [3.8, 4) is 0 Å². The third-order valence-corrected chi connectivity index (χ3v) is 2.05. The van der Waals surface area contributed by atoms with Crippen LogP contribution in [0.3, 0.4) is 0 Å². The molecule has 1 amide bonds. The van der Waals surface area contributed by atoms with E-state index in [1.165, 1.54) is 0 Å². The first-order valence-corrected chi connectivity index (χ1v) is 4.05. The van der Waals surface area contributed by atoms with Crippen molar-refractivity contribution in [1.29, 1.82) is 0 Å². The van der Waals surface area contributed by atoms with E-state index in [1.54, 1.807) is 4.90 Å². The molecule has 1 fully saturated rings. The van der Waals surface area contributed by atoms with E-state index in [0.29, 0.717) is 19.6 Å². The summed E-state index contributed by atoms with van der Waals surface area (Å²) in [7, 11) is 0. The van der Waals surface area contributed by atoms with Crippen molar-refractivity contribution in [2.24, 2.45) is 5.73 Å². The predicted molar refractivity (Wildman–Crippen MR) is 43.4 cm³/mol. The maximum Gasteiger partial charge on any atom is 0.236 e. The van der Waals surface area contributed by atoms with Crippen LogP contribution in [0.4, 0.5) is 4.39 Å². The number of alkyl halides is 1. The van der Waals surface area contributed by atoms with Crippen LogP contribution in [0.5, 0.6) is 0 Å². The van der Waals surface area contributed by atoms with E-state index < -0.39 is 6.67 Å². The zero-order valence-corrected chi connectivity index (χ0v) is 6.92. The Morgan fingerprint density at radius 1 is 1.75 bits per heavy atom. The molecule has 1 saturated heterocycles. The number of hydrogen-bond donors (Lipinski definition) is 2. The predicted octanol–water partition coefficient (Wildman–Crippen LogP) is -1.28. The van der Waals surface area contributed by atoms with Gasteiger partial charge in [0.25, 0.3) is 0 Å². The number of carbonyl (C=O) groups excluding carboxylic acids is 1. The number of carbonyl (C=O) groups is 1. The van der Waals surface area contributed by atoms with Gasteiger partial charge in [-0.15, -0.1) is 0 Å². The van der Waals surface area contributed by atoms with Crippen LogP contribution < -0.4 is 11.1 Å². The summed E-state index contributed by atoms with van der Waals surface area (Å²) in [5.41, 5.74) is 5.14. The maximum absolute atomic E-state index is 12.0. The zero-order valence-electron chi connectivity index (χ0n) is 6.92. The number of nitrogens with one attached hydrogen (secondary N) is 1. The monoisotopic (exact) mass is 175 g/mol. The minimum atomic E-state index is -0.427. The van der Waals surface area contributed by atoms with Crippen LogP contribution in [-0.4, -0.2) is 49.7 Å². The molecule has 1 aliphatic rings. The second-order valence-electron chi connectivity index (χ2n) is 2.85. The molecule has 0 bridgehead atoms. The van der Waals surface area contributed by atoms with E-state index in [9.17, 15) is 9.18 Å². The SMILES string of the molecule is NC(=O)C1CNCCN1CCF. The zero-order chi connectivity index (χ0) is 8.97. The molecule has 1 unspecified atom stereocenters. The number of nitrogens with two attached hydrogens (primary N) is 1. The maximum atomic E-state index is 12.0. The standard InChI is InChI=1S/C7H14FN3O/c8-1-3-11-4-2-10-5-6(11)7(9)12/h6,10H,1-5H2,(H2,9,12). The Morgan fingerprint density at radius 3 is 3.08 bits per heavy atom. The van der Waals surface area contributed by atoms with Gasteiger partial charge in [-0.3, -0.25) is 9.69 Å². The number of primary amides is 1. The number of nitrogens with zero attached hydrogens (tertiary/aromatic N) is 1. The minimum absolute atomic E-state index is 0.301. The van der Waals surface area contributed by atoms with Gasteiger partial charge < -0.3 is 11.1 Å². The lowest BCUT2D eigenvalue weighted by Crippen LogP contribution is -2.57. The Bertz CT molecular complexity index is 163. The van der Waals surface area contributed by atoms with Crippen LogP contribution in [-0.2, 0) is 4.79 Å². The van der Waals surface area contributed by atoms with Crippen molar-refractivity contribution in [3.63, 3.8) is 0 Å². The lowest BCUT2D eigenvalue weighted by molar-refractivity contribution is -0.123. The van der Waals surface area contributed by atoms with Crippen molar-refractivity contribution in [1.82, 2.24) is 10.2 Å². The van der Waals surface area contributed by atoms with Crippen LogP contribution in [0.2, 0.25) is 0 Å². The Balaban J connectivity index is 2.48. The summed E-state index contributed by atoms with van der Waals surface area (Å²) in [4.78, 5) is 12.6. The van der Waals surface area contributed by atoms with Crippen molar-refractivity contribution < 1.29 is 9.18 Å². The van der Waals surface area contributed by atoms with E-state index in [0.717, 1.165) is 6.54 Å². The summed E-state index contributed by atoms with van der Waals surface area (Å²) in [6.45, 7) is 1.90. The van der Waals surface area contributed by atoms with Crippen LogP contribution in [0.25, 0.3) is 0 Å². The second-order valence-corrected chi connectivity index (χ2v) is 2.85. The van der Waals surface area contributed by atoms with Gasteiger partial charge in [-0.2, -0.15) is 0 Å². The van der Waals surface area contributed by atoms with E-state index in [1.807, 2.05) is 0 Å². The van der Waals surface area contributed by atoms with Gasteiger partial charge >= 0.3 is 0 Å². The molecule has 5 heteroatoms. The van der Waals surface area contributed by atoms with Gasteiger partial charge in [-0.1, -0.05) is 0 Å². The van der Waals surface area contributed by atoms with E-state index >= 15 is 0 Å². The third kappa shape index (κ3) is 2.15. The molecule has 3 N–H and O–H groups in total. The second kappa shape index (κ2) is 4.37. The highest BCUT2D eigenvalue weighted by Crippen LogP contribution is 2.01. The molecule has 0 radical (unpaired) electrons. The Kier molecular flexibility index (Phi) is 3.43. The van der Waals surface area contributed by atoms with Crippen LogP contribution >= 0.6 is 0 Å². The Morgan fingerprint density at radius 2 is 2.50 bits per heavy atom.